The molecule has 0 aliphatic carbocycles. The Kier molecular flexibility index (Phi) is 8.28. The van der Waals surface area contributed by atoms with Gasteiger partial charge in [0.1, 0.15) is 5.75 Å². The number of benzene rings is 1. The predicted molar refractivity (Wildman–Crippen MR) is 91.8 cm³/mol. The number of carbonyl (C=O) groups excluding carboxylic acids is 1. The van der Waals surface area contributed by atoms with Crippen LogP contribution in [0.15, 0.2) is 24.3 Å². The monoisotopic (exact) mass is 326 g/mol. The third-order valence-corrected chi connectivity index (χ3v) is 4.14. The van der Waals surface area contributed by atoms with E-state index in [1.54, 1.807) is 7.11 Å². The SMILES string of the molecule is COc1ccc(CCCC(=O)NC2CCCNC2C)cc1.Cl. The van der Waals surface area contributed by atoms with Gasteiger partial charge in [-0.1, -0.05) is 12.1 Å². The van der Waals surface area contributed by atoms with Gasteiger partial charge in [-0.2, -0.15) is 0 Å². The Morgan fingerprint density at radius 3 is 2.73 bits per heavy atom. The maximum atomic E-state index is 12.0. The molecule has 4 nitrogen and oxygen atoms in total. The number of nitrogens with one attached hydrogen (secondary N) is 2. The first-order chi connectivity index (χ1) is 10.2. The van der Waals surface area contributed by atoms with Gasteiger partial charge in [0.2, 0.25) is 5.91 Å². The first kappa shape index (κ1) is 18.8. The van der Waals surface area contributed by atoms with Gasteiger partial charge in [0.25, 0.3) is 0 Å². The normalized spacial score (nSPS) is 20.8. The van der Waals surface area contributed by atoms with E-state index in [4.69, 9.17) is 4.74 Å². The summed E-state index contributed by atoms with van der Waals surface area (Å²) >= 11 is 0. The first-order valence-electron chi connectivity index (χ1n) is 7.84. The summed E-state index contributed by atoms with van der Waals surface area (Å²) in [5.41, 5.74) is 1.25. The number of methoxy groups -OCH3 is 1. The average molecular weight is 327 g/mol. The summed E-state index contributed by atoms with van der Waals surface area (Å²) in [5, 5.41) is 6.56. The van der Waals surface area contributed by atoms with Crippen molar-refractivity contribution in [1.29, 1.82) is 0 Å². The number of amides is 1. The summed E-state index contributed by atoms with van der Waals surface area (Å²) in [4.78, 5) is 12.0. The van der Waals surface area contributed by atoms with Crippen LogP contribution in [0.5, 0.6) is 5.75 Å². The van der Waals surface area contributed by atoms with Crippen molar-refractivity contribution in [2.24, 2.45) is 0 Å². The zero-order valence-corrected chi connectivity index (χ0v) is 14.2. The fraction of sp³-hybridized carbons (Fsp3) is 0.588. The van der Waals surface area contributed by atoms with E-state index in [1.807, 2.05) is 12.1 Å². The van der Waals surface area contributed by atoms with E-state index in [-0.39, 0.29) is 24.4 Å². The van der Waals surface area contributed by atoms with E-state index in [0.717, 1.165) is 38.0 Å². The van der Waals surface area contributed by atoms with Crippen molar-refractivity contribution in [3.8, 4) is 5.75 Å². The highest BCUT2D eigenvalue weighted by Gasteiger charge is 2.21. The van der Waals surface area contributed by atoms with E-state index in [1.165, 1.54) is 5.56 Å². The molecule has 2 rings (SSSR count). The maximum absolute atomic E-state index is 12.0. The maximum Gasteiger partial charge on any atom is 0.220 e. The van der Waals surface area contributed by atoms with Gasteiger partial charge in [-0.25, -0.2) is 0 Å². The Balaban J connectivity index is 0.00000242. The van der Waals surface area contributed by atoms with Crippen LogP contribution in [-0.2, 0) is 11.2 Å². The molecule has 1 aliphatic heterocycles. The third-order valence-electron chi connectivity index (χ3n) is 4.14. The Bertz CT molecular complexity index is 450. The van der Waals surface area contributed by atoms with Gasteiger partial charge < -0.3 is 15.4 Å². The van der Waals surface area contributed by atoms with Crippen LogP contribution in [0.1, 0.15) is 38.2 Å². The van der Waals surface area contributed by atoms with Crippen molar-refractivity contribution < 1.29 is 9.53 Å². The molecule has 22 heavy (non-hydrogen) atoms. The van der Waals surface area contributed by atoms with Crippen LogP contribution in [0.2, 0.25) is 0 Å². The smallest absolute Gasteiger partial charge is 0.220 e. The molecule has 0 saturated carbocycles. The first-order valence-corrected chi connectivity index (χ1v) is 7.84. The molecule has 1 fully saturated rings. The molecule has 1 aromatic rings. The zero-order chi connectivity index (χ0) is 15.1. The number of ether oxygens (including phenoxy) is 1. The minimum atomic E-state index is 0. The van der Waals surface area contributed by atoms with E-state index < -0.39 is 0 Å². The quantitative estimate of drug-likeness (QED) is 0.845. The summed E-state index contributed by atoms with van der Waals surface area (Å²) < 4.78 is 5.14. The number of carbonyl (C=O) groups is 1. The lowest BCUT2D eigenvalue weighted by molar-refractivity contribution is -0.122. The Morgan fingerprint density at radius 2 is 2.09 bits per heavy atom. The molecule has 0 bridgehead atoms. The van der Waals surface area contributed by atoms with Crippen molar-refractivity contribution in [3.63, 3.8) is 0 Å². The number of rotatable bonds is 6. The lowest BCUT2D eigenvalue weighted by Gasteiger charge is -2.30. The lowest BCUT2D eigenvalue weighted by Crippen LogP contribution is -2.51. The second kappa shape index (κ2) is 9.70. The summed E-state index contributed by atoms with van der Waals surface area (Å²) in [6.07, 6.45) is 4.62. The Labute approximate surface area is 139 Å². The van der Waals surface area contributed by atoms with Gasteiger partial charge in [0.05, 0.1) is 7.11 Å². The average Bonchev–Trinajstić information content (AvgIpc) is 2.50. The number of hydrogen-bond donors (Lipinski definition) is 2. The molecule has 0 radical (unpaired) electrons. The van der Waals surface area contributed by atoms with Gasteiger partial charge in [0, 0.05) is 18.5 Å². The van der Waals surface area contributed by atoms with Crippen molar-refractivity contribution in [2.75, 3.05) is 13.7 Å². The largest absolute Gasteiger partial charge is 0.497 e. The van der Waals surface area contributed by atoms with Crippen LogP contribution in [-0.4, -0.2) is 31.6 Å². The molecular formula is C17H27ClN2O2. The van der Waals surface area contributed by atoms with Crippen LogP contribution >= 0.6 is 12.4 Å². The Hall–Kier alpha value is -1.26. The Morgan fingerprint density at radius 1 is 1.36 bits per heavy atom. The molecule has 0 aromatic heterocycles. The fourth-order valence-corrected chi connectivity index (χ4v) is 2.77. The van der Waals surface area contributed by atoms with Gasteiger partial charge >= 0.3 is 0 Å². The molecule has 1 aliphatic rings. The molecule has 1 amide bonds. The van der Waals surface area contributed by atoms with Crippen LogP contribution in [0.25, 0.3) is 0 Å². The van der Waals surface area contributed by atoms with Crippen LogP contribution in [0.4, 0.5) is 0 Å². The van der Waals surface area contributed by atoms with Crippen LogP contribution in [0, 0.1) is 0 Å². The summed E-state index contributed by atoms with van der Waals surface area (Å²) in [6.45, 7) is 3.20. The summed E-state index contributed by atoms with van der Waals surface area (Å²) in [5.74, 6) is 1.04. The second-order valence-electron chi connectivity index (χ2n) is 5.76. The molecule has 2 atom stereocenters. The van der Waals surface area contributed by atoms with Gasteiger partial charge in [-0.15, -0.1) is 12.4 Å². The second-order valence-corrected chi connectivity index (χ2v) is 5.76. The lowest BCUT2D eigenvalue weighted by atomic mass is 9.99. The highest BCUT2D eigenvalue weighted by Crippen LogP contribution is 2.13. The highest BCUT2D eigenvalue weighted by atomic mass is 35.5. The van der Waals surface area contributed by atoms with Crippen molar-refractivity contribution in [1.82, 2.24) is 10.6 Å². The third kappa shape index (κ3) is 5.85. The molecule has 1 aromatic carbocycles. The van der Waals surface area contributed by atoms with E-state index in [9.17, 15) is 4.79 Å². The number of aryl methyl sites for hydroxylation is 1. The van der Waals surface area contributed by atoms with Crippen molar-refractivity contribution in [3.05, 3.63) is 29.8 Å². The predicted octanol–water partition coefficient (Wildman–Crippen LogP) is 2.70. The highest BCUT2D eigenvalue weighted by molar-refractivity contribution is 5.85. The molecule has 5 heteroatoms. The van der Waals surface area contributed by atoms with Crippen molar-refractivity contribution >= 4 is 18.3 Å². The van der Waals surface area contributed by atoms with E-state index in [0.29, 0.717) is 12.5 Å². The molecule has 0 spiro atoms. The summed E-state index contributed by atoms with van der Waals surface area (Å²) in [7, 11) is 1.67. The van der Waals surface area contributed by atoms with Crippen LogP contribution in [0.3, 0.4) is 0 Å². The van der Waals surface area contributed by atoms with Gasteiger partial charge in [-0.05, 0) is 56.8 Å². The van der Waals surface area contributed by atoms with Crippen LogP contribution < -0.4 is 15.4 Å². The number of hydrogen-bond acceptors (Lipinski definition) is 3. The summed E-state index contributed by atoms with van der Waals surface area (Å²) in [6, 6.07) is 8.71. The molecule has 1 saturated heterocycles. The standard InChI is InChI=1S/C17H26N2O2.ClH/c1-13-16(6-4-12-18-13)19-17(20)7-3-5-14-8-10-15(21-2)11-9-14;/h8-11,13,16,18H,3-7,12H2,1-2H3,(H,19,20);1H. The molecule has 2 N–H and O–H groups in total. The van der Waals surface area contributed by atoms with Gasteiger partial charge in [-0.3, -0.25) is 4.79 Å². The molecule has 2 unspecified atom stereocenters. The van der Waals surface area contributed by atoms with Crippen molar-refractivity contribution in [2.45, 2.75) is 51.1 Å². The topological polar surface area (TPSA) is 50.4 Å². The molecule has 124 valence electrons. The number of piperidine rings is 1. The van der Waals surface area contributed by atoms with E-state index in [2.05, 4.69) is 29.7 Å². The number of halogens is 1. The fourth-order valence-electron chi connectivity index (χ4n) is 2.77. The minimum absolute atomic E-state index is 0. The van der Waals surface area contributed by atoms with Gasteiger partial charge in [0.15, 0.2) is 0 Å². The minimum Gasteiger partial charge on any atom is -0.497 e. The van der Waals surface area contributed by atoms with E-state index >= 15 is 0 Å². The zero-order valence-electron chi connectivity index (χ0n) is 13.4. The molecular weight excluding hydrogens is 300 g/mol. The molecule has 1 heterocycles.